The molecule has 1 N–H and O–H groups in total. The predicted molar refractivity (Wildman–Crippen MR) is 134 cm³/mol. The molecular weight excluding hydrogens is 454 g/mol. The molecule has 1 atom stereocenters. The number of aryl methyl sites for hydroxylation is 1. The van der Waals surface area contributed by atoms with Crippen molar-refractivity contribution in [3.8, 4) is 5.75 Å². The largest absolute Gasteiger partial charge is 0.497 e. The van der Waals surface area contributed by atoms with E-state index < -0.39 is 34.1 Å². The quantitative estimate of drug-likeness (QED) is 0.584. The van der Waals surface area contributed by atoms with Crippen LogP contribution in [0.4, 0.5) is 5.69 Å². The highest BCUT2D eigenvalue weighted by Crippen LogP contribution is 2.22. The Hall–Kier alpha value is -3.07. The normalized spacial score (nSPS) is 12.6. The number of amides is 2. The van der Waals surface area contributed by atoms with Gasteiger partial charge < -0.3 is 15.0 Å². The van der Waals surface area contributed by atoms with Gasteiger partial charge in [0.25, 0.3) is 0 Å². The fraction of sp³-hybridized carbons (Fsp3) is 0.440. The molecule has 2 aromatic rings. The Balaban J connectivity index is 2.38. The van der Waals surface area contributed by atoms with Gasteiger partial charge in [0.1, 0.15) is 18.3 Å². The molecule has 0 saturated carbocycles. The van der Waals surface area contributed by atoms with E-state index in [4.69, 9.17) is 4.74 Å². The van der Waals surface area contributed by atoms with Crippen molar-refractivity contribution in [3.63, 3.8) is 0 Å². The minimum atomic E-state index is -3.77. The first-order valence-corrected chi connectivity index (χ1v) is 12.8. The van der Waals surface area contributed by atoms with E-state index in [-0.39, 0.29) is 12.5 Å². The lowest BCUT2D eigenvalue weighted by molar-refractivity contribution is -0.140. The summed E-state index contributed by atoms with van der Waals surface area (Å²) in [6.07, 6.45) is 1.05. The summed E-state index contributed by atoms with van der Waals surface area (Å²) in [6, 6.07) is 13.2. The summed E-state index contributed by atoms with van der Waals surface area (Å²) >= 11 is 0. The summed E-state index contributed by atoms with van der Waals surface area (Å²) in [5, 5.41) is 2.90. The van der Waals surface area contributed by atoms with Crippen LogP contribution >= 0.6 is 0 Å². The van der Waals surface area contributed by atoms with Gasteiger partial charge in [-0.25, -0.2) is 8.42 Å². The molecule has 9 heteroatoms. The SMILES string of the molecule is COc1ccc(N(CC(=O)N(Cc2ccc(C)cc2)[C@@H](C)C(=O)NC(C)(C)C)S(C)(=O)=O)cc1. The number of ether oxygens (including phenoxy) is 1. The molecule has 0 bridgehead atoms. The van der Waals surface area contributed by atoms with Gasteiger partial charge in [-0.15, -0.1) is 0 Å². The van der Waals surface area contributed by atoms with E-state index in [1.807, 2.05) is 52.0 Å². The van der Waals surface area contributed by atoms with E-state index in [1.54, 1.807) is 31.2 Å². The van der Waals surface area contributed by atoms with Gasteiger partial charge in [0, 0.05) is 12.1 Å². The van der Waals surface area contributed by atoms with E-state index in [0.29, 0.717) is 11.4 Å². The lowest BCUT2D eigenvalue weighted by Crippen LogP contribution is -2.54. The van der Waals surface area contributed by atoms with Crippen LogP contribution in [0.2, 0.25) is 0 Å². The summed E-state index contributed by atoms with van der Waals surface area (Å²) in [6.45, 7) is 8.91. The first-order valence-electron chi connectivity index (χ1n) is 11.0. The molecule has 0 aliphatic carbocycles. The second-order valence-corrected chi connectivity index (χ2v) is 11.3. The lowest BCUT2D eigenvalue weighted by Gasteiger charge is -2.33. The van der Waals surface area contributed by atoms with Crippen molar-refractivity contribution < 1.29 is 22.7 Å². The molecular formula is C25H35N3O5S. The van der Waals surface area contributed by atoms with Crippen molar-refractivity contribution in [2.45, 2.75) is 52.7 Å². The number of carbonyl (C=O) groups excluding carboxylic acids is 2. The highest BCUT2D eigenvalue weighted by Gasteiger charge is 2.31. The topological polar surface area (TPSA) is 96.0 Å². The highest BCUT2D eigenvalue weighted by atomic mass is 32.2. The van der Waals surface area contributed by atoms with Gasteiger partial charge in [-0.1, -0.05) is 29.8 Å². The molecule has 0 radical (unpaired) electrons. The van der Waals surface area contributed by atoms with Crippen molar-refractivity contribution in [3.05, 3.63) is 59.7 Å². The molecule has 0 saturated heterocycles. The van der Waals surface area contributed by atoms with Crippen molar-refractivity contribution >= 4 is 27.5 Å². The number of benzene rings is 2. The van der Waals surface area contributed by atoms with Gasteiger partial charge in [-0.05, 0) is 64.4 Å². The average Bonchev–Trinajstić information content (AvgIpc) is 2.74. The molecule has 0 spiro atoms. The number of nitrogens with one attached hydrogen (secondary N) is 1. The number of rotatable bonds is 9. The number of hydrogen-bond acceptors (Lipinski definition) is 5. The zero-order valence-corrected chi connectivity index (χ0v) is 21.8. The Morgan fingerprint density at radius 2 is 1.59 bits per heavy atom. The number of methoxy groups -OCH3 is 1. The third-order valence-electron chi connectivity index (χ3n) is 5.18. The maximum atomic E-state index is 13.5. The zero-order valence-electron chi connectivity index (χ0n) is 21.0. The standard InChI is InChI=1S/C25H35N3O5S/c1-18-8-10-20(11-9-18)16-27(19(2)24(30)26-25(3,4)5)23(29)17-28(34(7,31)32)21-12-14-22(33-6)15-13-21/h8-15,19H,16-17H2,1-7H3,(H,26,30)/t19-/m0/s1. The number of carbonyl (C=O) groups is 2. The molecule has 0 aliphatic rings. The Labute approximate surface area is 202 Å². The Bertz CT molecular complexity index is 1090. The molecule has 0 aliphatic heterocycles. The third-order valence-corrected chi connectivity index (χ3v) is 6.32. The van der Waals surface area contributed by atoms with Gasteiger partial charge in [0.2, 0.25) is 21.8 Å². The fourth-order valence-electron chi connectivity index (χ4n) is 3.31. The molecule has 0 fully saturated rings. The van der Waals surface area contributed by atoms with Gasteiger partial charge in [-0.2, -0.15) is 0 Å². The molecule has 8 nitrogen and oxygen atoms in total. The van der Waals surface area contributed by atoms with Crippen molar-refractivity contribution in [2.24, 2.45) is 0 Å². The summed E-state index contributed by atoms with van der Waals surface area (Å²) in [5.74, 6) is -0.237. The maximum Gasteiger partial charge on any atom is 0.244 e. The first-order chi connectivity index (χ1) is 15.7. The molecule has 2 aromatic carbocycles. The smallest absolute Gasteiger partial charge is 0.244 e. The second kappa shape index (κ2) is 10.9. The van der Waals surface area contributed by atoms with Crippen LogP contribution in [0.3, 0.4) is 0 Å². The van der Waals surface area contributed by atoms with Crippen molar-refractivity contribution in [2.75, 3.05) is 24.2 Å². The molecule has 2 amide bonds. The molecule has 2 rings (SSSR count). The van der Waals surface area contributed by atoms with Gasteiger partial charge in [-0.3, -0.25) is 13.9 Å². The summed E-state index contributed by atoms with van der Waals surface area (Å²) in [7, 11) is -2.26. The summed E-state index contributed by atoms with van der Waals surface area (Å²) in [5.41, 5.74) is 1.76. The Kier molecular flexibility index (Phi) is 8.72. The summed E-state index contributed by atoms with van der Waals surface area (Å²) < 4.78 is 31.3. The monoisotopic (exact) mass is 489 g/mol. The minimum absolute atomic E-state index is 0.165. The molecule has 0 heterocycles. The van der Waals surface area contributed by atoms with Gasteiger partial charge in [0.15, 0.2) is 0 Å². The van der Waals surface area contributed by atoms with Crippen molar-refractivity contribution in [1.82, 2.24) is 10.2 Å². The van der Waals surface area contributed by atoms with Crippen LogP contribution in [0.25, 0.3) is 0 Å². The molecule has 186 valence electrons. The van der Waals surface area contributed by atoms with Crippen LogP contribution in [0.1, 0.15) is 38.8 Å². The van der Waals surface area contributed by atoms with Gasteiger partial charge >= 0.3 is 0 Å². The minimum Gasteiger partial charge on any atom is -0.497 e. The van der Waals surface area contributed by atoms with Gasteiger partial charge in [0.05, 0.1) is 19.1 Å². The fourth-order valence-corrected chi connectivity index (χ4v) is 4.16. The van der Waals surface area contributed by atoms with Crippen LogP contribution in [0.15, 0.2) is 48.5 Å². The Morgan fingerprint density at radius 1 is 1.03 bits per heavy atom. The van der Waals surface area contributed by atoms with Crippen LogP contribution in [0.5, 0.6) is 5.75 Å². The highest BCUT2D eigenvalue weighted by molar-refractivity contribution is 7.92. The van der Waals surface area contributed by atoms with E-state index >= 15 is 0 Å². The number of anilines is 1. The van der Waals surface area contributed by atoms with E-state index in [1.165, 1.54) is 12.0 Å². The Morgan fingerprint density at radius 3 is 2.06 bits per heavy atom. The predicted octanol–water partition coefficient (Wildman–Crippen LogP) is 3.10. The van der Waals surface area contributed by atoms with E-state index in [2.05, 4.69) is 5.32 Å². The summed E-state index contributed by atoms with van der Waals surface area (Å²) in [4.78, 5) is 27.8. The van der Waals surface area contributed by atoms with Crippen molar-refractivity contribution in [1.29, 1.82) is 0 Å². The lowest BCUT2D eigenvalue weighted by atomic mass is 10.1. The molecule has 0 aromatic heterocycles. The van der Waals surface area contributed by atoms with E-state index in [0.717, 1.165) is 21.7 Å². The number of nitrogens with zero attached hydrogens (tertiary/aromatic N) is 2. The number of hydrogen-bond donors (Lipinski definition) is 1. The second-order valence-electron chi connectivity index (χ2n) is 9.39. The maximum absolute atomic E-state index is 13.5. The van der Waals surface area contributed by atoms with Crippen LogP contribution < -0.4 is 14.4 Å². The zero-order chi connectivity index (χ0) is 25.7. The first kappa shape index (κ1) is 27.2. The van der Waals surface area contributed by atoms with Crippen LogP contribution in [-0.4, -0.2) is 56.6 Å². The average molecular weight is 490 g/mol. The van der Waals surface area contributed by atoms with Crippen LogP contribution in [-0.2, 0) is 26.2 Å². The van der Waals surface area contributed by atoms with Crippen LogP contribution in [0, 0.1) is 6.92 Å². The molecule has 34 heavy (non-hydrogen) atoms. The number of sulfonamides is 1. The molecule has 0 unspecified atom stereocenters. The van der Waals surface area contributed by atoms with E-state index in [9.17, 15) is 18.0 Å². The third kappa shape index (κ3) is 7.76.